The number of nitrogens with zero attached hydrogens (tertiary/aromatic N) is 3. The van der Waals surface area contributed by atoms with Gasteiger partial charge < -0.3 is 9.32 Å². The lowest BCUT2D eigenvalue weighted by Gasteiger charge is -2.16. The fraction of sp³-hybridized carbons (Fsp3) is 0.250. The molecule has 0 fully saturated rings. The van der Waals surface area contributed by atoms with Gasteiger partial charge in [-0.1, -0.05) is 23.5 Å². The van der Waals surface area contributed by atoms with E-state index in [0.717, 1.165) is 40.1 Å². The molecule has 0 saturated carbocycles. The molecule has 0 aliphatic rings. The second-order valence-corrected chi connectivity index (χ2v) is 5.74. The van der Waals surface area contributed by atoms with Gasteiger partial charge in [0.1, 0.15) is 5.76 Å². The highest BCUT2D eigenvalue weighted by atomic mass is 32.1. The second kappa shape index (κ2) is 6.62. The van der Waals surface area contributed by atoms with Gasteiger partial charge in [0, 0.05) is 19.2 Å². The molecule has 1 aromatic carbocycles. The summed E-state index contributed by atoms with van der Waals surface area (Å²) < 4.78 is 6.88. The van der Waals surface area contributed by atoms with Gasteiger partial charge in [-0.3, -0.25) is 5.43 Å². The number of anilines is 2. The summed E-state index contributed by atoms with van der Waals surface area (Å²) in [6.07, 6.45) is 1.67. The van der Waals surface area contributed by atoms with Gasteiger partial charge in [-0.2, -0.15) is 5.10 Å². The summed E-state index contributed by atoms with van der Waals surface area (Å²) in [5, 5.41) is 4.96. The first-order valence-corrected chi connectivity index (χ1v) is 8.11. The molecule has 0 aliphatic carbocycles. The highest BCUT2D eigenvalue weighted by Gasteiger charge is 2.06. The zero-order valence-electron chi connectivity index (χ0n) is 12.6. The van der Waals surface area contributed by atoms with Crippen LogP contribution < -0.4 is 10.3 Å². The molecule has 0 amide bonds. The van der Waals surface area contributed by atoms with Gasteiger partial charge in [0.05, 0.1) is 16.4 Å². The Morgan fingerprint density at radius 3 is 2.82 bits per heavy atom. The number of aromatic nitrogens is 1. The summed E-state index contributed by atoms with van der Waals surface area (Å²) in [6.45, 7) is 6.05. The van der Waals surface area contributed by atoms with Crippen molar-refractivity contribution in [3.8, 4) is 0 Å². The number of nitrogens with one attached hydrogen (secondary N) is 1. The smallest absolute Gasteiger partial charge is 0.204 e. The molecule has 114 valence electrons. The number of para-hydroxylation sites is 1. The molecule has 0 spiro atoms. The molecule has 2 heterocycles. The van der Waals surface area contributed by atoms with Crippen molar-refractivity contribution in [2.75, 3.05) is 23.4 Å². The molecule has 0 unspecified atom stereocenters. The van der Waals surface area contributed by atoms with Gasteiger partial charge in [-0.25, -0.2) is 4.98 Å². The van der Waals surface area contributed by atoms with Crippen molar-refractivity contribution in [3.05, 3.63) is 42.2 Å². The van der Waals surface area contributed by atoms with Crippen molar-refractivity contribution in [1.82, 2.24) is 4.98 Å². The highest BCUT2D eigenvalue weighted by molar-refractivity contribution is 7.22. The molecule has 3 aromatic rings. The van der Waals surface area contributed by atoms with Crippen molar-refractivity contribution < 1.29 is 4.42 Å². The van der Waals surface area contributed by atoms with Crippen molar-refractivity contribution in [1.29, 1.82) is 0 Å². The molecule has 1 N–H and O–H groups in total. The molecular formula is C16H18N4OS. The maximum Gasteiger partial charge on any atom is 0.204 e. The minimum atomic E-state index is 0.718. The number of thiazole rings is 1. The molecule has 2 aromatic heterocycles. The largest absolute Gasteiger partial charge is 0.440 e. The first-order valence-electron chi connectivity index (χ1n) is 7.29. The van der Waals surface area contributed by atoms with Crippen LogP contribution in [0, 0.1) is 0 Å². The predicted octanol–water partition coefficient (Wildman–Crippen LogP) is 4.18. The number of hydrogen-bond donors (Lipinski definition) is 1. The van der Waals surface area contributed by atoms with E-state index >= 15 is 0 Å². The summed E-state index contributed by atoms with van der Waals surface area (Å²) in [7, 11) is 0. The molecule has 0 radical (unpaired) electrons. The first-order chi connectivity index (χ1) is 10.8. The average Bonchev–Trinajstić information content (AvgIpc) is 3.15. The molecular weight excluding hydrogens is 296 g/mol. The van der Waals surface area contributed by atoms with Crippen LogP contribution in [0.5, 0.6) is 0 Å². The van der Waals surface area contributed by atoms with Crippen molar-refractivity contribution in [2.45, 2.75) is 13.8 Å². The number of fused-ring (bicyclic) bond motifs is 1. The Balaban J connectivity index is 1.66. The van der Waals surface area contributed by atoms with E-state index < -0.39 is 0 Å². The standard InChI is InChI=1S/C16H18N4OS/c1-3-20(4-2)15-10-9-12(21-15)11-17-19-16-18-13-7-5-6-8-14(13)22-16/h5-11H,3-4H2,1-2H3,(H,18,19)/b17-11-. The maximum atomic E-state index is 5.74. The van der Waals surface area contributed by atoms with Crippen LogP contribution >= 0.6 is 11.3 Å². The van der Waals surface area contributed by atoms with E-state index in [1.54, 1.807) is 17.6 Å². The Morgan fingerprint density at radius 1 is 1.23 bits per heavy atom. The summed E-state index contributed by atoms with van der Waals surface area (Å²) in [6, 6.07) is 11.9. The second-order valence-electron chi connectivity index (χ2n) is 4.71. The van der Waals surface area contributed by atoms with Crippen molar-refractivity contribution >= 4 is 38.8 Å². The summed E-state index contributed by atoms with van der Waals surface area (Å²) in [5.74, 6) is 1.59. The Bertz CT molecular complexity index is 740. The molecule has 3 rings (SSSR count). The molecule has 0 atom stereocenters. The lowest BCUT2D eigenvalue weighted by Crippen LogP contribution is -2.20. The Labute approximate surface area is 133 Å². The number of hydrazone groups is 1. The Hall–Kier alpha value is -2.34. The highest BCUT2D eigenvalue weighted by Crippen LogP contribution is 2.25. The SMILES string of the molecule is CCN(CC)c1ccc(/C=N\Nc2nc3ccccc3s2)o1. The summed E-state index contributed by atoms with van der Waals surface area (Å²) >= 11 is 1.57. The third kappa shape index (κ3) is 3.12. The van der Waals surface area contributed by atoms with Gasteiger partial charge in [-0.05, 0) is 32.0 Å². The van der Waals surface area contributed by atoms with E-state index in [1.165, 1.54) is 0 Å². The van der Waals surface area contributed by atoms with E-state index in [4.69, 9.17) is 4.42 Å². The topological polar surface area (TPSA) is 53.7 Å². The lowest BCUT2D eigenvalue weighted by atomic mass is 10.3. The van der Waals surface area contributed by atoms with Gasteiger partial charge in [0.25, 0.3) is 0 Å². The first kappa shape index (κ1) is 14.6. The quantitative estimate of drug-likeness (QED) is 0.548. The van der Waals surface area contributed by atoms with E-state index in [9.17, 15) is 0 Å². The normalized spacial score (nSPS) is 11.4. The molecule has 5 nitrogen and oxygen atoms in total. The fourth-order valence-corrected chi connectivity index (χ4v) is 3.00. The summed E-state index contributed by atoms with van der Waals surface area (Å²) in [5.41, 5.74) is 3.93. The van der Waals surface area contributed by atoms with Crippen molar-refractivity contribution in [3.63, 3.8) is 0 Å². The Morgan fingerprint density at radius 2 is 2.05 bits per heavy atom. The zero-order valence-corrected chi connectivity index (χ0v) is 13.4. The molecule has 6 heteroatoms. The van der Waals surface area contributed by atoms with E-state index in [1.807, 2.05) is 36.4 Å². The molecule has 0 aliphatic heterocycles. The molecule has 22 heavy (non-hydrogen) atoms. The minimum Gasteiger partial charge on any atom is -0.440 e. The minimum absolute atomic E-state index is 0.718. The zero-order chi connectivity index (χ0) is 15.4. The van der Waals surface area contributed by atoms with Crippen LogP contribution in [0.2, 0.25) is 0 Å². The van der Waals surface area contributed by atoms with Crippen molar-refractivity contribution in [2.24, 2.45) is 5.10 Å². The Kier molecular flexibility index (Phi) is 4.39. The van der Waals surface area contributed by atoms with E-state index in [-0.39, 0.29) is 0 Å². The van der Waals surface area contributed by atoms with Gasteiger partial charge in [0.15, 0.2) is 5.88 Å². The number of furan rings is 1. The summed E-state index contributed by atoms with van der Waals surface area (Å²) in [4.78, 5) is 6.61. The number of hydrogen-bond acceptors (Lipinski definition) is 6. The number of rotatable bonds is 6. The maximum absolute atomic E-state index is 5.74. The van der Waals surface area contributed by atoms with Crippen LogP contribution in [-0.4, -0.2) is 24.3 Å². The fourth-order valence-electron chi connectivity index (χ4n) is 2.19. The van der Waals surface area contributed by atoms with Gasteiger partial charge >= 0.3 is 0 Å². The van der Waals surface area contributed by atoms with Crippen LogP contribution in [0.4, 0.5) is 11.0 Å². The van der Waals surface area contributed by atoms with Crippen LogP contribution in [0.3, 0.4) is 0 Å². The van der Waals surface area contributed by atoms with Gasteiger partial charge in [-0.15, -0.1) is 0 Å². The van der Waals surface area contributed by atoms with Crippen LogP contribution in [0.15, 0.2) is 45.9 Å². The lowest BCUT2D eigenvalue weighted by molar-refractivity contribution is 0.544. The molecule has 0 bridgehead atoms. The van der Waals surface area contributed by atoms with Gasteiger partial charge in [0.2, 0.25) is 5.13 Å². The predicted molar refractivity (Wildman–Crippen MR) is 93.1 cm³/mol. The van der Waals surface area contributed by atoms with E-state index in [2.05, 4.69) is 34.3 Å². The number of benzene rings is 1. The monoisotopic (exact) mass is 314 g/mol. The van der Waals surface area contributed by atoms with E-state index in [0.29, 0.717) is 0 Å². The molecule has 0 saturated heterocycles. The third-order valence-corrected chi connectivity index (χ3v) is 4.27. The van der Waals surface area contributed by atoms with Crippen LogP contribution in [0.25, 0.3) is 10.2 Å². The van der Waals surface area contributed by atoms with Crippen LogP contribution in [-0.2, 0) is 0 Å². The van der Waals surface area contributed by atoms with Crippen LogP contribution in [0.1, 0.15) is 19.6 Å². The third-order valence-electron chi connectivity index (χ3n) is 3.33. The average molecular weight is 314 g/mol.